The zero-order chi connectivity index (χ0) is 15.1. The fraction of sp³-hybridized carbons (Fsp3) is 0.267. The number of Topliss-reactive ketones (excluding diaryl/α,β-unsaturated/α-hetero) is 1. The standard InChI is InChI=1S/C15H16N4O2/c1-8-4-5-9-12(20)3-2-6-19-11(7-10(8)13(9)19)14(21)18-15(16)17/h4-5,7H,2-3,6H2,1H3,(H4,16,17,18,21). The molecule has 0 saturated heterocycles. The summed E-state index contributed by atoms with van der Waals surface area (Å²) in [5, 5.41) is 0.900. The van der Waals surface area contributed by atoms with Gasteiger partial charge in [-0.25, -0.2) is 0 Å². The Kier molecular flexibility index (Phi) is 3.01. The summed E-state index contributed by atoms with van der Waals surface area (Å²) in [6.45, 7) is 2.56. The maximum Gasteiger partial charge on any atom is 0.296 e. The highest BCUT2D eigenvalue weighted by Crippen LogP contribution is 2.30. The molecule has 0 unspecified atom stereocenters. The Balaban J connectivity index is 2.33. The Morgan fingerprint density at radius 2 is 2.10 bits per heavy atom. The lowest BCUT2D eigenvalue weighted by Gasteiger charge is -2.07. The second-order valence-corrected chi connectivity index (χ2v) is 5.24. The number of hydrogen-bond donors (Lipinski definition) is 2. The van der Waals surface area contributed by atoms with Gasteiger partial charge in [0.05, 0.1) is 5.52 Å². The smallest absolute Gasteiger partial charge is 0.296 e. The van der Waals surface area contributed by atoms with E-state index in [1.54, 1.807) is 6.07 Å². The average Bonchev–Trinajstić information content (AvgIpc) is 2.71. The summed E-state index contributed by atoms with van der Waals surface area (Å²) < 4.78 is 1.86. The monoisotopic (exact) mass is 284 g/mol. The molecule has 3 rings (SSSR count). The molecule has 0 fully saturated rings. The summed E-state index contributed by atoms with van der Waals surface area (Å²) in [5.74, 6) is -0.636. The van der Waals surface area contributed by atoms with Crippen LogP contribution in [0.1, 0.15) is 39.3 Å². The molecule has 1 aliphatic heterocycles. The highest BCUT2D eigenvalue weighted by Gasteiger charge is 2.23. The predicted molar refractivity (Wildman–Crippen MR) is 80.4 cm³/mol. The number of nitrogens with two attached hydrogens (primary N) is 2. The van der Waals surface area contributed by atoms with Gasteiger partial charge in [0.2, 0.25) is 0 Å². The molecule has 0 spiro atoms. The van der Waals surface area contributed by atoms with E-state index in [-0.39, 0.29) is 11.7 Å². The number of carbonyl (C=O) groups excluding carboxylic acids is 2. The third-order valence-corrected chi connectivity index (χ3v) is 3.81. The molecular formula is C15H16N4O2. The zero-order valence-corrected chi connectivity index (χ0v) is 11.7. The van der Waals surface area contributed by atoms with Crippen LogP contribution in [0.4, 0.5) is 0 Å². The summed E-state index contributed by atoms with van der Waals surface area (Å²) in [4.78, 5) is 28.0. The number of rotatable bonds is 1. The van der Waals surface area contributed by atoms with Gasteiger partial charge in [-0.05, 0) is 31.0 Å². The van der Waals surface area contributed by atoms with Gasteiger partial charge in [-0.15, -0.1) is 0 Å². The van der Waals surface area contributed by atoms with Crippen LogP contribution in [-0.4, -0.2) is 22.2 Å². The number of guanidine groups is 1. The van der Waals surface area contributed by atoms with Crippen LogP contribution in [0, 0.1) is 6.92 Å². The first kappa shape index (κ1) is 13.4. The SMILES string of the molecule is Cc1ccc2c3c1cc(C(=O)N=C(N)N)n3CCCC2=O. The number of nitrogens with zero attached hydrogens (tertiary/aromatic N) is 2. The number of ketones is 1. The van der Waals surface area contributed by atoms with Crippen molar-refractivity contribution >= 4 is 28.6 Å². The lowest BCUT2D eigenvalue weighted by atomic mass is 10.0. The molecule has 2 aromatic rings. The maximum atomic E-state index is 12.2. The van der Waals surface area contributed by atoms with Gasteiger partial charge in [0, 0.05) is 23.9 Å². The molecular weight excluding hydrogens is 268 g/mol. The molecule has 0 atom stereocenters. The topological polar surface area (TPSA) is 103 Å². The fourth-order valence-corrected chi connectivity index (χ4v) is 2.86. The Hall–Kier alpha value is -2.63. The number of benzene rings is 1. The third-order valence-electron chi connectivity index (χ3n) is 3.81. The first-order chi connectivity index (χ1) is 9.99. The van der Waals surface area contributed by atoms with Crippen molar-refractivity contribution in [2.75, 3.05) is 0 Å². The largest absolute Gasteiger partial charge is 0.370 e. The van der Waals surface area contributed by atoms with Crippen molar-refractivity contribution in [2.24, 2.45) is 16.5 Å². The first-order valence-electron chi connectivity index (χ1n) is 6.79. The highest BCUT2D eigenvalue weighted by molar-refractivity contribution is 6.11. The van der Waals surface area contributed by atoms with E-state index in [4.69, 9.17) is 11.5 Å². The zero-order valence-electron chi connectivity index (χ0n) is 11.7. The Morgan fingerprint density at radius 1 is 1.33 bits per heavy atom. The highest BCUT2D eigenvalue weighted by atomic mass is 16.1. The normalized spacial score (nSPS) is 14.0. The van der Waals surface area contributed by atoms with Crippen molar-refractivity contribution in [1.29, 1.82) is 0 Å². The molecule has 0 radical (unpaired) electrons. The minimum Gasteiger partial charge on any atom is -0.370 e. The summed E-state index contributed by atoms with van der Waals surface area (Å²) in [6, 6.07) is 5.50. The van der Waals surface area contributed by atoms with Gasteiger partial charge in [-0.3, -0.25) is 9.59 Å². The lowest BCUT2D eigenvalue weighted by molar-refractivity contribution is 0.0981. The van der Waals surface area contributed by atoms with Crippen LogP contribution in [0.25, 0.3) is 10.9 Å². The Labute approximate surface area is 121 Å². The van der Waals surface area contributed by atoms with E-state index < -0.39 is 5.91 Å². The van der Waals surface area contributed by atoms with Crippen LogP contribution >= 0.6 is 0 Å². The molecule has 0 aliphatic carbocycles. The minimum atomic E-state index is -0.481. The quantitative estimate of drug-likeness (QED) is 0.609. The number of carbonyl (C=O) groups is 2. The Morgan fingerprint density at radius 3 is 2.81 bits per heavy atom. The first-order valence-corrected chi connectivity index (χ1v) is 6.79. The molecule has 4 N–H and O–H groups in total. The molecule has 0 saturated carbocycles. The van der Waals surface area contributed by atoms with Gasteiger partial charge < -0.3 is 16.0 Å². The molecule has 21 heavy (non-hydrogen) atoms. The molecule has 1 aliphatic rings. The van der Waals surface area contributed by atoms with E-state index in [1.165, 1.54) is 0 Å². The van der Waals surface area contributed by atoms with Crippen LogP contribution in [0.15, 0.2) is 23.2 Å². The van der Waals surface area contributed by atoms with Crippen molar-refractivity contribution in [3.05, 3.63) is 35.0 Å². The number of aryl methyl sites for hydroxylation is 2. The van der Waals surface area contributed by atoms with Gasteiger partial charge in [0.25, 0.3) is 5.91 Å². The Bertz CT molecular complexity index is 798. The van der Waals surface area contributed by atoms with E-state index in [1.807, 2.05) is 23.6 Å². The summed E-state index contributed by atoms with van der Waals surface area (Å²) in [6.07, 6.45) is 1.17. The number of hydrogen-bond acceptors (Lipinski definition) is 2. The van der Waals surface area contributed by atoms with Crippen molar-refractivity contribution < 1.29 is 9.59 Å². The van der Waals surface area contributed by atoms with Crippen LogP contribution in [-0.2, 0) is 6.54 Å². The van der Waals surface area contributed by atoms with Crippen molar-refractivity contribution in [2.45, 2.75) is 26.3 Å². The second-order valence-electron chi connectivity index (χ2n) is 5.24. The molecule has 0 bridgehead atoms. The maximum absolute atomic E-state index is 12.2. The summed E-state index contributed by atoms with van der Waals surface area (Å²) >= 11 is 0. The van der Waals surface area contributed by atoms with Crippen molar-refractivity contribution in [3.8, 4) is 0 Å². The molecule has 6 heteroatoms. The van der Waals surface area contributed by atoms with Crippen LogP contribution in [0.2, 0.25) is 0 Å². The van der Waals surface area contributed by atoms with Gasteiger partial charge in [-0.2, -0.15) is 4.99 Å². The lowest BCUT2D eigenvalue weighted by Crippen LogP contribution is -2.24. The second kappa shape index (κ2) is 4.73. The molecule has 1 aromatic carbocycles. The summed E-state index contributed by atoms with van der Waals surface area (Å²) in [5.41, 5.74) is 13.5. The fourth-order valence-electron chi connectivity index (χ4n) is 2.86. The van der Waals surface area contributed by atoms with Crippen LogP contribution in [0.3, 0.4) is 0 Å². The average molecular weight is 284 g/mol. The van der Waals surface area contributed by atoms with E-state index in [0.717, 1.165) is 16.5 Å². The van der Waals surface area contributed by atoms with E-state index >= 15 is 0 Å². The van der Waals surface area contributed by atoms with Gasteiger partial charge in [0.1, 0.15) is 5.69 Å². The molecule has 1 aromatic heterocycles. The third kappa shape index (κ3) is 2.08. The minimum absolute atomic E-state index is 0.109. The van der Waals surface area contributed by atoms with Gasteiger partial charge >= 0.3 is 0 Å². The van der Waals surface area contributed by atoms with Crippen molar-refractivity contribution in [1.82, 2.24) is 4.57 Å². The van der Waals surface area contributed by atoms with Gasteiger partial charge in [-0.1, -0.05) is 6.07 Å². The molecule has 108 valence electrons. The predicted octanol–water partition coefficient (Wildman–Crippen LogP) is 1.34. The number of aliphatic imine (C=N–C) groups is 1. The van der Waals surface area contributed by atoms with E-state index in [0.29, 0.717) is 30.6 Å². The molecule has 1 amide bonds. The van der Waals surface area contributed by atoms with Crippen molar-refractivity contribution in [3.63, 3.8) is 0 Å². The van der Waals surface area contributed by atoms with E-state index in [2.05, 4.69) is 4.99 Å². The molecule has 6 nitrogen and oxygen atoms in total. The van der Waals surface area contributed by atoms with Gasteiger partial charge in [0.15, 0.2) is 11.7 Å². The van der Waals surface area contributed by atoms with Crippen LogP contribution < -0.4 is 11.5 Å². The van der Waals surface area contributed by atoms with E-state index in [9.17, 15) is 9.59 Å². The number of aromatic nitrogens is 1. The summed E-state index contributed by atoms with van der Waals surface area (Å²) in [7, 11) is 0. The molecule has 2 heterocycles. The number of amides is 1. The van der Waals surface area contributed by atoms with Crippen LogP contribution in [0.5, 0.6) is 0 Å².